The third kappa shape index (κ3) is 3.74. The van der Waals surface area contributed by atoms with Gasteiger partial charge in [0.05, 0.1) is 21.3 Å². The molecule has 0 spiro atoms. The molecule has 1 saturated heterocycles. The number of hydrogen-bond acceptors (Lipinski definition) is 4. The summed E-state index contributed by atoms with van der Waals surface area (Å²) in [6.45, 7) is 1.60. The zero-order valence-corrected chi connectivity index (χ0v) is 13.9. The van der Waals surface area contributed by atoms with E-state index in [9.17, 15) is 4.79 Å². The lowest BCUT2D eigenvalue weighted by molar-refractivity contribution is 0.0723. The van der Waals surface area contributed by atoms with E-state index in [-0.39, 0.29) is 5.91 Å². The first-order valence-electron chi connectivity index (χ1n) is 7.47. The zero-order chi connectivity index (χ0) is 16.2. The van der Waals surface area contributed by atoms with Crippen molar-refractivity contribution in [2.45, 2.75) is 19.3 Å². The molecule has 120 valence electrons. The molecule has 1 aliphatic rings. The maximum atomic E-state index is 12.4. The number of nitrogens with one attached hydrogen (secondary N) is 1. The summed E-state index contributed by atoms with van der Waals surface area (Å²) in [6, 6.07) is 5.21. The van der Waals surface area contributed by atoms with Crippen molar-refractivity contribution >= 4 is 40.7 Å². The van der Waals surface area contributed by atoms with E-state index in [1.165, 1.54) is 18.8 Å². The third-order valence-corrected chi connectivity index (χ3v) is 4.37. The first-order chi connectivity index (χ1) is 11.1. The van der Waals surface area contributed by atoms with Crippen LogP contribution in [-0.2, 0) is 0 Å². The number of nitrogens with zero attached hydrogens (tertiary/aromatic N) is 3. The fourth-order valence-corrected chi connectivity index (χ4v) is 3.00. The second-order valence-corrected chi connectivity index (χ2v) is 6.18. The van der Waals surface area contributed by atoms with Gasteiger partial charge in [-0.2, -0.15) is 0 Å². The van der Waals surface area contributed by atoms with Crippen molar-refractivity contribution in [2.24, 2.45) is 0 Å². The van der Waals surface area contributed by atoms with Crippen molar-refractivity contribution in [3.05, 3.63) is 46.2 Å². The lowest BCUT2D eigenvalue weighted by atomic mass is 10.1. The average Bonchev–Trinajstić information content (AvgIpc) is 2.59. The quantitative estimate of drug-likeness (QED) is 0.902. The summed E-state index contributed by atoms with van der Waals surface area (Å²) in [5.74, 6) is 0.322. The molecule has 0 saturated carbocycles. The number of anilines is 2. The fraction of sp³-hybridized carbons (Fsp3) is 0.312. The minimum absolute atomic E-state index is 0.0213. The summed E-state index contributed by atoms with van der Waals surface area (Å²) in [6.07, 6.45) is 6.34. The van der Waals surface area contributed by atoms with Gasteiger partial charge in [-0.25, -0.2) is 9.97 Å². The predicted molar refractivity (Wildman–Crippen MR) is 91.5 cm³/mol. The Labute approximate surface area is 144 Å². The van der Waals surface area contributed by atoms with Crippen molar-refractivity contribution in [1.29, 1.82) is 0 Å². The number of para-hydroxylation sites is 1. The minimum atomic E-state index is -0.0213. The molecule has 0 unspecified atom stereocenters. The Balaban J connectivity index is 1.73. The molecule has 2 heterocycles. The molecule has 0 radical (unpaired) electrons. The molecule has 5 nitrogen and oxygen atoms in total. The van der Waals surface area contributed by atoms with Gasteiger partial charge in [0.25, 0.3) is 5.91 Å². The van der Waals surface area contributed by atoms with E-state index >= 15 is 0 Å². The van der Waals surface area contributed by atoms with Gasteiger partial charge in [0, 0.05) is 25.5 Å². The van der Waals surface area contributed by atoms with Crippen LogP contribution in [0, 0.1) is 0 Å². The van der Waals surface area contributed by atoms with Crippen LogP contribution < -0.4 is 5.32 Å². The summed E-state index contributed by atoms with van der Waals surface area (Å²) in [5, 5.41) is 3.94. The molecule has 1 aromatic carbocycles. The van der Waals surface area contributed by atoms with Crippen LogP contribution in [0.3, 0.4) is 0 Å². The number of halogens is 2. The van der Waals surface area contributed by atoms with Crippen molar-refractivity contribution in [3.63, 3.8) is 0 Å². The Morgan fingerprint density at radius 1 is 1.04 bits per heavy atom. The van der Waals surface area contributed by atoms with Gasteiger partial charge in [0.1, 0.15) is 0 Å². The van der Waals surface area contributed by atoms with Crippen molar-refractivity contribution in [2.75, 3.05) is 18.4 Å². The average molecular weight is 351 g/mol. The highest BCUT2D eigenvalue weighted by Crippen LogP contribution is 2.31. The molecule has 7 heteroatoms. The summed E-state index contributed by atoms with van der Waals surface area (Å²) in [7, 11) is 0. The van der Waals surface area contributed by atoms with Crippen molar-refractivity contribution in [1.82, 2.24) is 14.9 Å². The highest BCUT2D eigenvalue weighted by molar-refractivity contribution is 6.39. The Hall–Kier alpha value is -1.85. The zero-order valence-electron chi connectivity index (χ0n) is 12.4. The molecular weight excluding hydrogens is 335 g/mol. The van der Waals surface area contributed by atoms with Gasteiger partial charge in [-0.15, -0.1) is 0 Å². The lowest BCUT2D eigenvalue weighted by Crippen LogP contribution is -2.35. The molecule has 1 fully saturated rings. The van der Waals surface area contributed by atoms with Crippen molar-refractivity contribution in [3.8, 4) is 0 Å². The standard InChI is InChI=1S/C16H16Cl2N4O/c17-12-5-4-6-13(18)14(12)21-16-19-9-11(10-20-16)15(23)22-7-2-1-3-8-22/h4-6,9-10H,1-3,7-8H2,(H,19,20,21). The number of carbonyl (C=O) groups excluding carboxylic acids is 1. The molecular formula is C16H16Cl2N4O. The molecule has 23 heavy (non-hydrogen) atoms. The van der Waals surface area contributed by atoms with Crippen LogP contribution in [0.2, 0.25) is 10.0 Å². The molecule has 0 aliphatic carbocycles. The number of amides is 1. The Morgan fingerprint density at radius 2 is 1.65 bits per heavy atom. The number of piperidine rings is 1. The maximum Gasteiger partial charge on any atom is 0.256 e. The highest BCUT2D eigenvalue weighted by atomic mass is 35.5. The van der Waals surface area contributed by atoms with E-state index in [4.69, 9.17) is 23.2 Å². The number of aromatic nitrogens is 2. The normalized spacial score (nSPS) is 14.6. The summed E-state index contributed by atoms with van der Waals surface area (Å²) in [4.78, 5) is 22.6. The van der Waals surface area contributed by atoms with Gasteiger partial charge in [-0.3, -0.25) is 4.79 Å². The maximum absolute atomic E-state index is 12.4. The van der Waals surface area contributed by atoms with Crippen LogP contribution in [-0.4, -0.2) is 33.9 Å². The number of rotatable bonds is 3. The van der Waals surface area contributed by atoms with Gasteiger partial charge in [0.2, 0.25) is 5.95 Å². The molecule has 1 amide bonds. The van der Waals surface area contributed by atoms with Gasteiger partial charge >= 0.3 is 0 Å². The summed E-state index contributed by atoms with van der Waals surface area (Å²) in [5.41, 5.74) is 1.04. The molecule has 3 rings (SSSR count). The van der Waals surface area contributed by atoms with Gasteiger partial charge < -0.3 is 10.2 Å². The summed E-state index contributed by atoms with van der Waals surface area (Å²) >= 11 is 12.2. The van der Waals surface area contributed by atoms with Crippen molar-refractivity contribution < 1.29 is 4.79 Å². The van der Waals surface area contributed by atoms with Gasteiger partial charge in [-0.1, -0.05) is 29.3 Å². The molecule has 2 aromatic rings. The van der Waals surface area contributed by atoms with Crippen LogP contribution in [0.1, 0.15) is 29.6 Å². The number of hydrogen-bond donors (Lipinski definition) is 1. The Morgan fingerprint density at radius 3 is 2.26 bits per heavy atom. The SMILES string of the molecule is O=C(c1cnc(Nc2c(Cl)cccc2Cl)nc1)N1CCCCC1. The van der Waals surface area contributed by atoms with Gasteiger partial charge in [0.15, 0.2) is 0 Å². The topological polar surface area (TPSA) is 58.1 Å². The molecule has 1 aromatic heterocycles. The van der Waals surface area contributed by atoms with E-state index in [2.05, 4.69) is 15.3 Å². The molecule has 0 bridgehead atoms. The lowest BCUT2D eigenvalue weighted by Gasteiger charge is -2.26. The van der Waals surface area contributed by atoms with Crippen LogP contribution in [0.15, 0.2) is 30.6 Å². The van der Waals surface area contributed by atoms with E-state index in [0.29, 0.717) is 27.2 Å². The second kappa shape index (κ2) is 7.15. The second-order valence-electron chi connectivity index (χ2n) is 5.37. The largest absolute Gasteiger partial charge is 0.339 e. The summed E-state index contributed by atoms with van der Waals surface area (Å²) < 4.78 is 0. The molecule has 0 atom stereocenters. The van der Waals surface area contributed by atoms with E-state index < -0.39 is 0 Å². The first-order valence-corrected chi connectivity index (χ1v) is 8.23. The monoisotopic (exact) mass is 350 g/mol. The van der Waals surface area contributed by atoms with Crippen LogP contribution in [0.4, 0.5) is 11.6 Å². The third-order valence-electron chi connectivity index (χ3n) is 3.74. The predicted octanol–water partition coefficient (Wildman–Crippen LogP) is 4.15. The van der Waals surface area contributed by atoms with E-state index in [1.807, 2.05) is 4.90 Å². The number of carbonyl (C=O) groups is 1. The van der Waals surface area contributed by atoms with Crippen LogP contribution >= 0.6 is 23.2 Å². The molecule has 1 aliphatic heterocycles. The van der Waals surface area contributed by atoms with E-state index in [0.717, 1.165) is 25.9 Å². The smallest absolute Gasteiger partial charge is 0.256 e. The fourth-order valence-electron chi connectivity index (χ4n) is 2.51. The minimum Gasteiger partial charge on any atom is -0.339 e. The van der Waals surface area contributed by atoms with Crippen LogP contribution in [0.25, 0.3) is 0 Å². The Kier molecular flexibility index (Phi) is 4.98. The number of likely N-dealkylation sites (tertiary alicyclic amines) is 1. The van der Waals surface area contributed by atoms with E-state index in [1.54, 1.807) is 18.2 Å². The molecule has 1 N–H and O–H groups in total. The van der Waals surface area contributed by atoms with Crippen LogP contribution in [0.5, 0.6) is 0 Å². The van der Waals surface area contributed by atoms with Gasteiger partial charge in [-0.05, 0) is 31.4 Å². The Bertz CT molecular complexity index is 679. The number of benzene rings is 1. The first kappa shape index (κ1) is 16.0. The highest BCUT2D eigenvalue weighted by Gasteiger charge is 2.18.